The van der Waals surface area contributed by atoms with Gasteiger partial charge in [-0.1, -0.05) is 19.1 Å². The van der Waals surface area contributed by atoms with Gasteiger partial charge in [0.15, 0.2) is 11.5 Å². The number of methoxy groups -OCH3 is 2. The third-order valence-electron chi connectivity index (χ3n) is 4.07. The van der Waals surface area contributed by atoms with Crippen LogP contribution in [0.15, 0.2) is 47.8 Å². The zero-order valence-electron chi connectivity index (χ0n) is 15.5. The molecule has 0 radical (unpaired) electrons. The second kappa shape index (κ2) is 8.68. The number of carbonyl (C=O) groups is 1. The van der Waals surface area contributed by atoms with Crippen LogP contribution in [0.1, 0.15) is 18.2 Å². The van der Waals surface area contributed by atoms with Crippen molar-refractivity contribution < 1.29 is 19.0 Å². The number of hydrogen-bond acceptors (Lipinski definition) is 6. The fourth-order valence-electron chi connectivity index (χ4n) is 2.60. The van der Waals surface area contributed by atoms with Gasteiger partial charge in [0.25, 0.3) is 0 Å². The van der Waals surface area contributed by atoms with E-state index in [1.807, 2.05) is 47.8 Å². The van der Waals surface area contributed by atoms with E-state index in [0.29, 0.717) is 22.9 Å². The minimum absolute atomic E-state index is 0.124. The Hall–Kier alpha value is -2.86. The molecule has 0 aliphatic carbocycles. The molecule has 0 saturated carbocycles. The second-order valence-corrected chi connectivity index (χ2v) is 6.72. The fourth-order valence-corrected chi connectivity index (χ4v) is 3.42. The first-order valence-corrected chi connectivity index (χ1v) is 9.47. The molecular weight excluding hydrogens is 362 g/mol. The van der Waals surface area contributed by atoms with E-state index in [1.165, 1.54) is 16.9 Å². The number of nitrogens with zero attached hydrogens (tertiary/aromatic N) is 1. The summed E-state index contributed by atoms with van der Waals surface area (Å²) in [5.41, 5.74) is 2.79. The van der Waals surface area contributed by atoms with Gasteiger partial charge >= 0.3 is 5.97 Å². The van der Waals surface area contributed by atoms with Gasteiger partial charge in [-0.2, -0.15) is 0 Å². The SMILES string of the molecule is CCc1ccc(OC(=O)Cc2csc(-c3ccc(OC)c(OC)c3)n2)cc1. The number of rotatable bonds is 7. The third kappa shape index (κ3) is 4.65. The Labute approximate surface area is 162 Å². The number of ether oxygens (including phenoxy) is 3. The number of esters is 1. The van der Waals surface area contributed by atoms with Crippen molar-refractivity contribution >= 4 is 17.3 Å². The zero-order valence-corrected chi connectivity index (χ0v) is 16.3. The first kappa shape index (κ1) is 18.9. The summed E-state index contributed by atoms with van der Waals surface area (Å²) >= 11 is 1.47. The molecule has 6 heteroatoms. The Kier molecular flexibility index (Phi) is 6.08. The summed E-state index contributed by atoms with van der Waals surface area (Å²) in [4.78, 5) is 16.7. The Morgan fingerprint density at radius 3 is 2.44 bits per heavy atom. The van der Waals surface area contributed by atoms with E-state index in [9.17, 15) is 4.79 Å². The molecule has 0 amide bonds. The molecule has 0 bridgehead atoms. The van der Waals surface area contributed by atoms with Crippen LogP contribution in [-0.2, 0) is 17.6 Å². The van der Waals surface area contributed by atoms with Gasteiger partial charge in [0.1, 0.15) is 10.8 Å². The number of hydrogen-bond donors (Lipinski definition) is 0. The topological polar surface area (TPSA) is 57.7 Å². The molecule has 0 atom stereocenters. The molecule has 5 nitrogen and oxygen atoms in total. The van der Waals surface area contributed by atoms with Gasteiger partial charge in [0.05, 0.1) is 26.3 Å². The highest BCUT2D eigenvalue weighted by Crippen LogP contribution is 2.33. The van der Waals surface area contributed by atoms with Crippen LogP contribution in [0.4, 0.5) is 0 Å². The lowest BCUT2D eigenvalue weighted by atomic mass is 10.2. The summed E-state index contributed by atoms with van der Waals surface area (Å²) in [5, 5.41) is 2.68. The number of aryl methyl sites for hydroxylation is 1. The predicted molar refractivity (Wildman–Crippen MR) is 106 cm³/mol. The quantitative estimate of drug-likeness (QED) is 0.443. The van der Waals surface area contributed by atoms with Crippen molar-refractivity contribution in [3.8, 4) is 27.8 Å². The minimum atomic E-state index is -0.330. The van der Waals surface area contributed by atoms with Crippen LogP contribution in [-0.4, -0.2) is 25.2 Å². The van der Waals surface area contributed by atoms with Gasteiger partial charge in [-0.25, -0.2) is 4.98 Å². The molecule has 0 saturated heterocycles. The van der Waals surface area contributed by atoms with E-state index in [4.69, 9.17) is 14.2 Å². The van der Waals surface area contributed by atoms with Crippen LogP contribution in [0.25, 0.3) is 10.6 Å². The number of aromatic nitrogens is 1. The Bertz CT molecular complexity index is 918. The van der Waals surface area contributed by atoms with Crippen LogP contribution in [0.5, 0.6) is 17.2 Å². The van der Waals surface area contributed by atoms with Gasteiger partial charge < -0.3 is 14.2 Å². The van der Waals surface area contributed by atoms with E-state index in [0.717, 1.165) is 17.0 Å². The van der Waals surface area contributed by atoms with E-state index >= 15 is 0 Å². The second-order valence-electron chi connectivity index (χ2n) is 5.86. The van der Waals surface area contributed by atoms with E-state index in [2.05, 4.69) is 11.9 Å². The van der Waals surface area contributed by atoms with E-state index < -0.39 is 0 Å². The van der Waals surface area contributed by atoms with E-state index in [-0.39, 0.29) is 12.4 Å². The molecule has 0 fully saturated rings. The number of carbonyl (C=O) groups excluding carboxylic acids is 1. The van der Waals surface area contributed by atoms with Gasteiger partial charge in [-0.15, -0.1) is 11.3 Å². The highest BCUT2D eigenvalue weighted by Gasteiger charge is 2.13. The summed E-state index contributed by atoms with van der Waals surface area (Å²) in [6.07, 6.45) is 1.07. The Balaban J connectivity index is 1.67. The van der Waals surface area contributed by atoms with Gasteiger partial charge in [-0.3, -0.25) is 4.79 Å². The fraction of sp³-hybridized carbons (Fsp3) is 0.238. The van der Waals surface area contributed by atoms with Crippen molar-refractivity contribution in [1.29, 1.82) is 0 Å². The van der Waals surface area contributed by atoms with Crippen molar-refractivity contribution in [3.63, 3.8) is 0 Å². The average Bonchev–Trinajstić information content (AvgIpc) is 3.16. The number of benzene rings is 2. The van der Waals surface area contributed by atoms with Gasteiger partial charge in [-0.05, 0) is 42.3 Å². The summed E-state index contributed by atoms with van der Waals surface area (Å²) in [5.74, 6) is 1.52. The molecule has 0 aliphatic rings. The molecule has 1 heterocycles. The minimum Gasteiger partial charge on any atom is -0.493 e. The van der Waals surface area contributed by atoms with Crippen LogP contribution in [0, 0.1) is 0 Å². The molecule has 0 spiro atoms. The first-order valence-electron chi connectivity index (χ1n) is 8.59. The summed E-state index contributed by atoms with van der Waals surface area (Å²) < 4.78 is 16.0. The smallest absolute Gasteiger partial charge is 0.317 e. The molecule has 2 aromatic carbocycles. The molecular formula is C21H21NO4S. The van der Waals surface area contributed by atoms with Crippen molar-refractivity contribution in [2.24, 2.45) is 0 Å². The lowest BCUT2D eigenvalue weighted by molar-refractivity contribution is -0.133. The average molecular weight is 383 g/mol. The summed E-state index contributed by atoms with van der Waals surface area (Å²) in [6, 6.07) is 13.2. The molecule has 27 heavy (non-hydrogen) atoms. The highest BCUT2D eigenvalue weighted by molar-refractivity contribution is 7.13. The standard InChI is InChI=1S/C21H21NO4S/c1-4-14-5-8-17(9-6-14)26-20(23)12-16-13-27-21(22-16)15-7-10-18(24-2)19(11-15)25-3/h5-11,13H,4,12H2,1-3H3. The van der Waals surface area contributed by atoms with Crippen molar-refractivity contribution in [2.75, 3.05) is 14.2 Å². The Morgan fingerprint density at radius 2 is 1.78 bits per heavy atom. The van der Waals surface area contributed by atoms with E-state index in [1.54, 1.807) is 14.2 Å². The van der Waals surface area contributed by atoms with Crippen molar-refractivity contribution in [2.45, 2.75) is 19.8 Å². The van der Waals surface area contributed by atoms with Crippen LogP contribution in [0.3, 0.4) is 0 Å². The van der Waals surface area contributed by atoms with Crippen molar-refractivity contribution in [3.05, 3.63) is 59.1 Å². The monoisotopic (exact) mass is 383 g/mol. The normalized spacial score (nSPS) is 10.5. The molecule has 1 aromatic heterocycles. The number of thiazole rings is 1. The maximum Gasteiger partial charge on any atom is 0.317 e. The summed E-state index contributed by atoms with van der Waals surface area (Å²) in [7, 11) is 3.19. The van der Waals surface area contributed by atoms with Crippen LogP contribution >= 0.6 is 11.3 Å². The first-order chi connectivity index (χ1) is 13.1. The molecule has 3 aromatic rings. The third-order valence-corrected chi connectivity index (χ3v) is 5.01. The van der Waals surface area contributed by atoms with Crippen LogP contribution in [0.2, 0.25) is 0 Å². The molecule has 140 valence electrons. The molecule has 0 N–H and O–H groups in total. The molecule has 0 aliphatic heterocycles. The maximum absolute atomic E-state index is 12.2. The predicted octanol–water partition coefficient (Wildman–Crippen LogP) is 4.54. The largest absolute Gasteiger partial charge is 0.493 e. The van der Waals surface area contributed by atoms with Crippen molar-refractivity contribution in [1.82, 2.24) is 4.98 Å². The van der Waals surface area contributed by atoms with Gasteiger partial charge in [0.2, 0.25) is 0 Å². The lowest BCUT2D eigenvalue weighted by Gasteiger charge is -2.08. The molecule has 3 rings (SSSR count). The maximum atomic E-state index is 12.2. The highest BCUT2D eigenvalue weighted by atomic mass is 32.1. The molecule has 0 unspecified atom stereocenters. The summed E-state index contributed by atoms with van der Waals surface area (Å²) in [6.45, 7) is 2.08. The zero-order chi connectivity index (χ0) is 19.2. The lowest BCUT2D eigenvalue weighted by Crippen LogP contribution is -2.11. The van der Waals surface area contributed by atoms with Crippen LogP contribution < -0.4 is 14.2 Å². The Morgan fingerprint density at radius 1 is 1.04 bits per heavy atom. The van der Waals surface area contributed by atoms with Gasteiger partial charge in [0, 0.05) is 10.9 Å².